The van der Waals surface area contributed by atoms with Crippen LogP contribution in [0.25, 0.3) is 38.4 Å². The van der Waals surface area contributed by atoms with Gasteiger partial charge < -0.3 is 0 Å². The van der Waals surface area contributed by atoms with Crippen LogP contribution in [0.15, 0.2) is 103 Å². The molecule has 142 valence electrons. The van der Waals surface area contributed by atoms with Gasteiger partial charge in [0.15, 0.2) is 0 Å². The Labute approximate surface area is 174 Å². The molecule has 0 N–H and O–H groups in total. The predicted octanol–water partition coefficient (Wildman–Crippen LogP) is 6.61. The van der Waals surface area contributed by atoms with E-state index in [4.69, 9.17) is 0 Å². The Kier molecular flexibility index (Phi) is 4.45. The summed E-state index contributed by atoms with van der Waals surface area (Å²) in [5.41, 5.74) is 1.36. The van der Waals surface area contributed by atoms with Crippen molar-refractivity contribution in [3.63, 3.8) is 0 Å². The highest BCUT2D eigenvalue weighted by atomic mass is 16.2. The fraction of sp³-hybridized carbons (Fsp3) is 0. The smallest absolute Gasteiger partial charge is 0.233 e. The molecule has 0 unspecified atom stereocenters. The molecular formula is C28H18O2. The van der Waals surface area contributed by atoms with Gasteiger partial charge in [-0.3, -0.25) is 9.59 Å². The predicted molar refractivity (Wildman–Crippen MR) is 124 cm³/mol. The summed E-state index contributed by atoms with van der Waals surface area (Å²) in [4.78, 5) is 22.9. The molecule has 0 aromatic heterocycles. The van der Waals surface area contributed by atoms with E-state index >= 15 is 0 Å². The lowest BCUT2D eigenvalue weighted by molar-refractivity contribution is -0.110. The van der Waals surface area contributed by atoms with E-state index in [1.165, 1.54) is 27.6 Å². The van der Waals surface area contributed by atoms with Gasteiger partial charge in [-0.15, -0.1) is 0 Å². The molecule has 0 bridgehead atoms. The number of hydrogen-bond donors (Lipinski definition) is 0. The Morgan fingerprint density at radius 3 is 1.50 bits per heavy atom. The van der Waals surface area contributed by atoms with E-state index in [2.05, 4.69) is 60.7 Å². The molecule has 0 atom stereocenters. The molecule has 2 nitrogen and oxygen atoms in total. The lowest BCUT2D eigenvalue weighted by Gasteiger charge is -2.11. The summed E-state index contributed by atoms with van der Waals surface area (Å²) in [5, 5.41) is 7.39. The second-order valence-electron chi connectivity index (χ2n) is 7.28. The summed E-state index contributed by atoms with van der Waals surface area (Å²) in [5.74, 6) is -0.856. The van der Waals surface area contributed by atoms with Crippen LogP contribution in [0.1, 0.15) is 15.9 Å². The van der Waals surface area contributed by atoms with Gasteiger partial charge in [-0.1, -0.05) is 91.0 Å². The van der Waals surface area contributed by atoms with Crippen molar-refractivity contribution >= 4 is 50.0 Å². The summed E-state index contributed by atoms with van der Waals surface area (Å²) in [7, 11) is 0. The molecule has 5 aromatic carbocycles. The van der Waals surface area contributed by atoms with Crippen molar-refractivity contribution in [1.29, 1.82) is 0 Å². The van der Waals surface area contributed by atoms with Gasteiger partial charge >= 0.3 is 0 Å². The van der Waals surface area contributed by atoms with Crippen molar-refractivity contribution in [3.05, 3.63) is 114 Å². The molecule has 0 aliphatic heterocycles. The number of rotatable bonds is 0. The number of carbonyl (C=O) groups excluding carboxylic acids is 2. The van der Waals surface area contributed by atoms with Crippen LogP contribution in [0.4, 0.5) is 0 Å². The molecule has 30 heavy (non-hydrogen) atoms. The van der Waals surface area contributed by atoms with E-state index in [1.54, 1.807) is 12.1 Å². The van der Waals surface area contributed by atoms with Crippen molar-refractivity contribution in [2.45, 2.75) is 0 Å². The number of hydrogen-bond acceptors (Lipinski definition) is 2. The van der Waals surface area contributed by atoms with Crippen LogP contribution in [-0.2, 0) is 4.79 Å². The summed E-state index contributed by atoms with van der Waals surface area (Å²) in [6.07, 6.45) is 3.07. The molecule has 0 saturated carbocycles. The van der Waals surface area contributed by atoms with E-state index in [0.717, 1.165) is 16.3 Å². The minimum Gasteiger partial charge on any atom is -0.286 e. The summed E-state index contributed by atoms with van der Waals surface area (Å²) < 4.78 is 0. The van der Waals surface area contributed by atoms with Crippen molar-refractivity contribution < 1.29 is 9.59 Å². The lowest BCUT2D eigenvalue weighted by Crippen LogP contribution is -2.16. The second-order valence-corrected chi connectivity index (χ2v) is 7.28. The molecular weight excluding hydrogens is 368 g/mol. The first kappa shape index (κ1) is 18.0. The zero-order valence-corrected chi connectivity index (χ0v) is 16.2. The highest BCUT2D eigenvalue weighted by Gasteiger charge is 2.21. The van der Waals surface area contributed by atoms with Crippen LogP contribution in [0.5, 0.6) is 0 Å². The molecule has 5 aromatic rings. The van der Waals surface area contributed by atoms with Crippen LogP contribution >= 0.6 is 0 Å². The Morgan fingerprint density at radius 2 is 0.900 bits per heavy atom. The summed E-state index contributed by atoms with van der Waals surface area (Å²) in [6, 6.07) is 32.8. The fourth-order valence-electron chi connectivity index (χ4n) is 4.00. The second kappa shape index (κ2) is 7.41. The van der Waals surface area contributed by atoms with Crippen molar-refractivity contribution in [3.8, 4) is 0 Å². The highest BCUT2D eigenvalue weighted by Crippen LogP contribution is 2.27. The third-order valence-corrected chi connectivity index (χ3v) is 5.49. The first-order valence-corrected chi connectivity index (χ1v) is 9.87. The quantitative estimate of drug-likeness (QED) is 0.222. The van der Waals surface area contributed by atoms with Crippen LogP contribution in [0.2, 0.25) is 0 Å². The third-order valence-electron chi connectivity index (χ3n) is 5.49. The van der Waals surface area contributed by atoms with E-state index in [0.29, 0.717) is 5.56 Å². The number of Topliss-reactive ketones (excluding diaryl/α,β-unsaturated/α-hetero) is 1. The van der Waals surface area contributed by atoms with E-state index in [9.17, 15) is 9.59 Å². The van der Waals surface area contributed by atoms with Crippen LogP contribution in [-0.4, -0.2) is 11.6 Å². The first-order valence-electron chi connectivity index (χ1n) is 9.87. The number of allylic oxidation sites excluding steroid dienone is 1. The lowest BCUT2D eigenvalue weighted by atomic mass is 9.91. The van der Waals surface area contributed by atoms with Crippen molar-refractivity contribution in [1.82, 2.24) is 0 Å². The zero-order valence-electron chi connectivity index (χ0n) is 16.2. The highest BCUT2D eigenvalue weighted by molar-refractivity contribution is 6.50. The first-order chi connectivity index (χ1) is 14.7. The number of fused-ring (bicyclic) bond motifs is 6. The van der Waals surface area contributed by atoms with E-state index in [1.807, 2.05) is 30.3 Å². The van der Waals surface area contributed by atoms with Gasteiger partial charge in [0.1, 0.15) is 0 Å². The van der Waals surface area contributed by atoms with Crippen LogP contribution < -0.4 is 0 Å². The van der Waals surface area contributed by atoms with Crippen LogP contribution in [0, 0.1) is 0 Å². The monoisotopic (exact) mass is 386 g/mol. The molecule has 2 heteroatoms. The van der Waals surface area contributed by atoms with Gasteiger partial charge in [-0.25, -0.2) is 0 Å². The Morgan fingerprint density at radius 1 is 0.433 bits per heavy atom. The number of carbonyl (C=O) groups is 2. The van der Waals surface area contributed by atoms with Crippen molar-refractivity contribution in [2.75, 3.05) is 0 Å². The minimum atomic E-state index is -0.442. The van der Waals surface area contributed by atoms with Gasteiger partial charge in [0.25, 0.3) is 0 Å². The van der Waals surface area contributed by atoms with Gasteiger partial charge in [-0.05, 0) is 56.1 Å². The maximum atomic E-state index is 11.7. The van der Waals surface area contributed by atoms with Gasteiger partial charge in [0.2, 0.25) is 11.6 Å². The molecule has 1 aliphatic carbocycles. The van der Waals surface area contributed by atoms with Gasteiger partial charge in [0.05, 0.1) is 0 Å². The summed E-state index contributed by atoms with van der Waals surface area (Å²) >= 11 is 0. The average Bonchev–Trinajstić information content (AvgIpc) is 2.81. The van der Waals surface area contributed by atoms with Crippen molar-refractivity contribution in [2.24, 2.45) is 0 Å². The minimum absolute atomic E-state index is 0.414. The normalized spacial score (nSPS) is 12.7. The molecule has 6 rings (SSSR count). The van der Waals surface area contributed by atoms with E-state index in [-0.39, 0.29) is 0 Å². The fourth-order valence-corrected chi connectivity index (χ4v) is 4.00. The maximum Gasteiger partial charge on any atom is 0.233 e. The molecule has 1 aliphatic rings. The largest absolute Gasteiger partial charge is 0.286 e. The Bertz CT molecular complexity index is 1420. The molecule has 0 amide bonds. The molecule has 0 radical (unpaired) electrons. The van der Waals surface area contributed by atoms with Crippen LogP contribution in [0.3, 0.4) is 0 Å². The summed E-state index contributed by atoms with van der Waals surface area (Å²) in [6.45, 7) is 0. The van der Waals surface area contributed by atoms with Gasteiger partial charge in [-0.2, -0.15) is 0 Å². The standard InChI is InChI=1S/C14H8O2.C14H10/c15-13-8-7-11-10-4-2-1-3-9(10)5-6-12(11)14(13)16;1-3-7-13-11(5-1)9-10-12-6-2-4-8-14(12)13/h1-8H;1-10H. The SMILES string of the molecule is O=C1C=Cc2c(ccc3ccccc23)C1=O.c1ccc2c(c1)ccc1ccccc12. The molecule has 0 fully saturated rings. The Balaban J connectivity index is 0.000000130. The molecule has 0 saturated heterocycles. The zero-order chi connectivity index (χ0) is 20.5. The number of ketones is 2. The number of benzene rings is 5. The average molecular weight is 386 g/mol. The molecule has 0 spiro atoms. The van der Waals surface area contributed by atoms with E-state index < -0.39 is 11.6 Å². The Hall–Kier alpha value is -4.04. The van der Waals surface area contributed by atoms with Gasteiger partial charge in [0, 0.05) is 5.56 Å². The third kappa shape index (κ3) is 3.09. The molecule has 0 heterocycles. The maximum absolute atomic E-state index is 11.7. The topological polar surface area (TPSA) is 34.1 Å².